The van der Waals surface area contributed by atoms with Crippen molar-refractivity contribution in [2.75, 3.05) is 0 Å². The summed E-state index contributed by atoms with van der Waals surface area (Å²) in [4.78, 5) is 0. The molecule has 0 aliphatic carbocycles. The Labute approximate surface area is 118 Å². The molecule has 0 spiro atoms. The summed E-state index contributed by atoms with van der Waals surface area (Å²) in [5.74, 6) is 1.06. The van der Waals surface area contributed by atoms with Crippen molar-refractivity contribution in [3.63, 3.8) is 0 Å². The first-order chi connectivity index (χ1) is 8.68. The molecule has 106 valence electrons. The molecule has 1 rings (SSSR count). The van der Waals surface area contributed by atoms with Crippen LogP contribution in [0.2, 0.25) is 0 Å². The number of benzene rings is 1. The highest BCUT2D eigenvalue weighted by atomic mass is 16.5. The molecule has 1 aromatic carbocycles. The van der Waals surface area contributed by atoms with Crippen LogP contribution in [0.3, 0.4) is 0 Å². The summed E-state index contributed by atoms with van der Waals surface area (Å²) in [6.45, 7) is 19.5. The van der Waals surface area contributed by atoms with Crippen molar-refractivity contribution in [3.8, 4) is 5.75 Å². The molecule has 0 bridgehead atoms. The van der Waals surface area contributed by atoms with Crippen LogP contribution in [0.1, 0.15) is 62.4 Å². The Morgan fingerprint density at radius 3 is 1.68 bits per heavy atom. The van der Waals surface area contributed by atoms with E-state index in [1.54, 1.807) is 0 Å². The third-order valence-corrected chi connectivity index (χ3v) is 4.11. The summed E-state index contributed by atoms with van der Waals surface area (Å²) in [5.41, 5.74) is 9.31. The van der Waals surface area contributed by atoms with E-state index in [2.05, 4.69) is 62.3 Å². The highest BCUT2D eigenvalue weighted by Gasteiger charge is 2.18. The zero-order chi connectivity index (χ0) is 14.9. The van der Waals surface area contributed by atoms with E-state index in [9.17, 15) is 0 Å². The van der Waals surface area contributed by atoms with Gasteiger partial charge in [0, 0.05) is 5.56 Å². The number of hydrogen-bond donors (Lipinski definition) is 0. The third kappa shape index (κ3) is 3.02. The van der Waals surface area contributed by atoms with Crippen molar-refractivity contribution >= 4 is 5.57 Å². The summed E-state index contributed by atoms with van der Waals surface area (Å²) >= 11 is 0. The minimum Gasteiger partial charge on any atom is -0.490 e. The molecule has 0 saturated carbocycles. The van der Waals surface area contributed by atoms with Gasteiger partial charge in [0.25, 0.3) is 0 Å². The van der Waals surface area contributed by atoms with Crippen LogP contribution < -0.4 is 4.74 Å². The smallest absolute Gasteiger partial charge is 0.130 e. The number of allylic oxidation sites excluding steroid dienone is 2. The average Bonchev–Trinajstić information content (AvgIpc) is 2.32. The largest absolute Gasteiger partial charge is 0.490 e. The van der Waals surface area contributed by atoms with Gasteiger partial charge in [0.05, 0.1) is 6.10 Å². The van der Waals surface area contributed by atoms with Crippen molar-refractivity contribution in [3.05, 3.63) is 33.4 Å². The van der Waals surface area contributed by atoms with Crippen molar-refractivity contribution in [2.45, 2.75) is 68.4 Å². The first-order valence-electron chi connectivity index (χ1n) is 7.09. The summed E-state index contributed by atoms with van der Waals surface area (Å²) < 4.78 is 6.13. The second-order valence-electron chi connectivity index (χ2n) is 6.00. The summed E-state index contributed by atoms with van der Waals surface area (Å²) in [7, 11) is 0. The predicted octanol–water partition coefficient (Wildman–Crippen LogP) is 5.52. The minimum absolute atomic E-state index is 0.198. The second-order valence-corrected chi connectivity index (χ2v) is 6.00. The fraction of sp³-hybridized carbons (Fsp3) is 0.556. The molecule has 0 fully saturated rings. The highest BCUT2D eigenvalue weighted by Crippen LogP contribution is 2.38. The van der Waals surface area contributed by atoms with Crippen molar-refractivity contribution in [2.24, 2.45) is 0 Å². The Balaban J connectivity index is 3.72. The van der Waals surface area contributed by atoms with Gasteiger partial charge in [-0.1, -0.05) is 5.57 Å². The molecule has 0 radical (unpaired) electrons. The molecule has 0 amide bonds. The van der Waals surface area contributed by atoms with Crippen LogP contribution in [0, 0.1) is 27.7 Å². The monoisotopic (exact) mass is 260 g/mol. The number of ether oxygens (including phenoxy) is 1. The molecule has 0 heterocycles. The molecular formula is C18H28O. The maximum atomic E-state index is 6.13. The van der Waals surface area contributed by atoms with Gasteiger partial charge in [-0.05, 0) is 90.1 Å². The molecule has 1 nitrogen and oxygen atoms in total. The lowest BCUT2D eigenvalue weighted by atomic mass is 9.88. The summed E-state index contributed by atoms with van der Waals surface area (Å²) in [6.07, 6.45) is 0.198. The molecule has 0 atom stereocenters. The van der Waals surface area contributed by atoms with Gasteiger partial charge in [0.2, 0.25) is 0 Å². The first-order valence-corrected chi connectivity index (χ1v) is 7.09. The van der Waals surface area contributed by atoms with E-state index in [1.165, 1.54) is 39.0 Å². The zero-order valence-corrected chi connectivity index (χ0v) is 14.0. The van der Waals surface area contributed by atoms with Gasteiger partial charge in [-0.3, -0.25) is 0 Å². The maximum absolute atomic E-state index is 6.13. The Morgan fingerprint density at radius 1 is 0.789 bits per heavy atom. The molecule has 0 saturated heterocycles. The summed E-state index contributed by atoms with van der Waals surface area (Å²) in [5, 5.41) is 0. The first kappa shape index (κ1) is 15.8. The molecular weight excluding hydrogens is 232 g/mol. The van der Waals surface area contributed by atoms with E-state index < -0.39 is 0 Å². The average molecular weight is 260 g/mol. The predicted molar refractivity (Wildman–Crippen MR) is 85.1 cm³/mol. The topological polar surface area (TPSA) is 9.23 Å². The maximum Gasteiger partial charge on any atom is 0.130 e. The van der Waals surface area contributed by atoms with E-state index >= 15 is 0 Å². The van der Waals surface area contributed by atoms with Crippen LogP contribution in [0.25, 0.3) is 5.57 Å². The lowest BCUT2D eigenvalue weighted by Gasteiger charge is -2.23. The highest BCUT2D eigenvalue weighted by molar-refractivity contribution is 5.76. The fourth-order valence-electron chi connectivity index (χ4n) is 2.36. The van der Waals surface area contributed by atoms with Gasteiger partial charge in [0.1, 0.15) is 5.75 Å². The quantitative estimate of drug-likeness (QED) is 0.695. The van der Waals surface area contributed by atoms with Crippen LogP contribution in [0.15, 0.2) is 5.57 Å². The van der Waals surface area contributed by atoms with Gasteiger partial charge in [-0.2, -0.15) is 0 Å². The molecule has 1 heteroatoms. The lowest BCUT2D eigenvalue weighted by Crippen LogP contribution is -2.11. The number of rotatable bonds is 3. The van der Waals surface area contributed by atoms with Gasteiger partial charge in [-0.25, -0.2) is 0 Å². The molecule has 0 aliphatic heterocycles. The van der Waals surface area contributed by atoms with Gasteiger partial charge >= 0.3 is 0 Å². The number of hydrogen-bond acceptors (Lipinski definition) is 1. The standard InChI is InChI=1S/C18H28O/c1-10(2)12(5)17-15(8)13(6)14(7)16(9)18(17)19-11(3)4/h11H,1-9H3. The third-order valence-electron chi connectivity index (χ3n) is 4.11. The Bertz CT molecular complexity index is 515. The lowest BCUT2D eigenvalue weighted by molar-refractivity contribution is 0.239. The van der Waals surface area contributed by atoms with Crippen molar-refractivity contribution < 1.29 is 4.74 Å². The van der Waals surface area contributed by atoms with E-state index in [1.807, 2.05) is 0 Å². The van der Waals surface area contributed by atoms with Gasteiger partial charge in [-0.15, -0.1) is 0 Å². The minimum atomic E-state index is 0.198. The van der Waals surface area contributed by atoms with E-state index in [0.717, 1.165) is 5.75 Å². The summed E-state index contributed by atoms with van der Waals surface area (Å²) in [6, 6.07) is 0. The second kappa shape index (κ2) is 5.81. The van der Waals surface area contributed by atoms with Crippen molar-refractivity contribution in [1.82, 2.24) is 0 Å². The van der Waals surface area contributed by atoms with E-state index in [4.69, 9.17) is 4.74 Å². The molecule has 0 unspecified atom stereocenters. The fourth-order valence-corrected chi connectivity index (χ4v) is 2.36. The Morgan fingerprint density at radius 2 is 1.26 bits per heavy atom. The molecule has 1 aromatic rings. The Hall–Kier alpha value is -1.24. The van der Waals surface area contributed by atoms with E-state index in [-0.39, 0.29) is 6.10 Å². The van der Waals surface area contributed by atoms with Gasteiger partial charge < -0.3 is 4.74 Å². The van der Waals surface area contributed by atoms with Crippen LogP contribution in [-0.2, 0) is 0 Å². The Kier molecular flexibility index (Phi) is 4.84. The zero-order valence-electron chi connectivity index (χ0n) is 14.0. The van der Waals surface area contributed by atoms with Crippen molar-refractivity contribution in [1.29, 1.82) is 0 Å². The van der Waals surface area contributed by atoms with Crippen LogP contribution in [-0.4, -0.2) is 6.10 Å². The van der Waals surface area contributed by atoms with Crippen LogP contribution >= 0.6 is 0 Å². The van der Waals surface area contributed by atoms with Crippen LogP contribution in [0.4, 0.5) is 0 Å². The normalized spacial score (nSPS) is 10.8. The van der Waals surface area contributed by atoms with Crippen LogP contribution in [0.5, 0.6) is 5.75 Å². The molecule has 19 heavy (non-hydrogen) atoms. The van der Waals surface area contributed by atoms with E-state index in [0.29, 0.717) is 0 Å². The van der Waals surface area contributed by atoms with Gasteiger partial charge in [0.15, 0.2) is 0 Å². The SMILES string of the molecule is CC(C)=C(C)c1c(C)c(C)c(C)c(C)c1OC(C)C. The molecule has 0 aromatic heterocycles. The molecule has 0 aliphatic rings. The molecule has 0 N–H and O–H groups in total.